The van der Waals surface area contributed by atoms with Crippen molar-refractivity contribution in [2.24, 2.45) is 11.8 Å². The minimum atomic E-state index is 0.491. The second-order valence-corrected chi connectivity index (χ2v) is 4.32. The highest BCUT2D eigenvalue weighted by Crippen LogP contribution is 2.38. The second-order valence-electron chi connectivity index (χ2n) is 4.32. The highest BCUT2D eigenvalue weighted by atomic mass is 15.4. The summed E-state index contributed by atoms with van der Waals surface area (Å²) in [6.07, 6.45) is 5.02. The lowest BCUT2D eigenvalue weighted by atomic mass is 9.88. The second kappa shape index (κ2) is 3.83. The Morgan fingerprint density at radius 1 is 1.40 bits per heavy atom. The van der Waals surface area contributed by atoms with Gasteiger partial charge in [0.15, 0.2) is 0 Å². The van der Waals surface area contributed by atoms with Crippen molar-refractivity contribution in [2.75, 3.05) is 20.1 Å². The molecule has 2 heterocycles. The highest BCUT2D eigenvalue weighted by molar-refractivity contribution is 5.39. The van der Waals surface area contributed by atoms with Crippen LogP contribution in [0.15, 0.2) is 36.6 Å². The van der Waals surface area contributed by atoms with E-state index in [4.69, 9.17) is 5.84 Å². The SMILES string of the molecule is C=CC1=C(C=C)N(C)C2CN(N)CCC12. The van der Waals surface area contributed by atoms with Crippen molar-refractivity contribution in [2.45, 2.75) is 12.5 Å². The quantitative estimate of drug-likeness (QED) is 0.686. The third kappa shape index (κ3) is 1.52. The standard InChI is InChI=1S/C12H19N3/c1-4-9-10-6-7-15(13)8-12(10)14(3)11(9)5-2/h4-5,10,12H,1-2,6-8,13H2,3H3. The molecule has 0 spiro atoms. The van der Waals surface area contributed by atoms with E-state index in [0.717, 1.165) is 19.5 Å². The van der Waals surface area contributed by atoms with Gasteiger partial charge in [-0.1, -0.05) is 19.2 Å². The summed E-state index contributed by atoms with van der Waals surface area (Å²) in [5, 5.41) is 1.91. The number of fused-ring (bicyclic) bond motifs is 1. The summed E-state index contributed by atoms with van der Waals surface area (Å²) in [5.41, 5.74) is 2.56. The molecule has 3 nitrogen and oxygen atoms in total. The molecule has 0 bridgehead atoms. The van der Waals surface area contributed by atoms with Crippen LogP contribution >= 0.6 is 0 Å². The van der Waals surface area contributed by atoms with E-state index in [2.05, 4.69) is 25.1 Å². The Hall–Kier alpha value is -1.06. The zero-order valence-electron chi connectivity index (χ0n) is 9.32. The minimum absolute atomic E-state index is 0.491. The monoisotopic (exact) mass is 205 g/mol. The maximum absolute atomic E-state index is 5.86. The Labute approximate surface area is 91.5 Å². The van der Waals surface area contributed by atoms with E-state index in [1.165, 1.54) is 11.3 Å². The van der Waals surface area contributed by atoms with Crippen LogP contribution in [0.25, 0.3) is 0 Å². The molecular formula is C12H19N3. The van der Waals surface area contributed by atoms with E-state index >= 15 is 0 Å². The van der Waals surface area contributed by atoms with Crippen molar-refractivity contribution >= 4 is 0 Å². The topological polar surface area (TPSA) is 32.5 Å². The Morgan fingerprint density at radius 2 is 2.13 bits per heavy atom. The van der Waals surface area contributed by atoms with Crippen molar-refractivity contribution < 1.29 is 0 Å². The fourth-order valence-electron chi connectivity index (χ4n) is 2.80. The third-order valence-electron chi connectivity index (χ3n) is 3.60. The average molecular weight is 205 g/mol. The molecular weight excluding hydrogens is 186 g/mol. The number of nitrogens with zero attached hydrogens (tertiary/aromatic N) is 2. The van der Waals surface area contributed by atoms with E-state index < -0.39 is 0 Å². The lowest BCUT2D eigenvalue weighted by Gasteiger charge is -2.36. The molecule has 0 aromatic carbocycles. The van der Waals surface area contributed by atoms with Gasteiger partial charge in [-0.15, -0.1) is 0 Å². The molecule has 1 saturated heterocycles. The summed E-state index contributed by atoms with van der Waals surface area (Å²) in [6, 6.07) is 0.491. The van der Waals surface area contributed by atoms with E-state index in [-0.39, 0.29) is 0 Å². The summed E-state index contributed by atoms with van der Waals surface area (Å²) in [6.45, 7) is 9.68. The molecule has 82 valence electrons. The van der Waals surface area contributed by atoms with Crippen LogP contribution in [-0.2, 0) is 0 Å². The van der Waals surface area contributed by atoms with Crippen molar-refractivity contribution in [1.82, 2.24) is 9.91 Å². The van der Waals surface area contributed by atoms with Crippen LogP contribution in [0.1, 0.15) is 6.42 Å². The van der Waals surface area contributed by atoms with Crippen LogP contribution in [0, 0.1) is 5.92 Å². The minimum Gasteiger partial charge on any atom is -0.369 e. The molecule has 3 heteroatoms. The fraction of sp³-hybridized carbons (Fsp3) is 0.500. The van der Waals surface area contributed by atoms with E-state index in [0.29, 0.717) is 12.0 Å². The zero-order valence-corrected chi connectivity index (χ0v) is 9.32. The van der Waals surface area contributed by atoms with Crippen LogP contribution in [0.3, 0.4) is 0 Å². The van der Waals surface area contributed by atoms with Gasteiger partial charge in [0.05, 0.1) is 0 Å². The number of likely N-dealkylation sites (N-methyl/N-ethyl adjacent to an activating group) is 1. The third-order valence-corrected chi connectivity index (χ3v) is 3.60. The Bertz CT molecular complexity index is 319. The maximum atomic E-state index is 5.86. The first-order valence-electron chi connectivity index (χ1n) is 5.40. The normalized spacial score (nSPS) is 31.7. The zero-order chi connectivity index (χ0) is 11.0. The predicted octanol–water partition coefficient (Wildman–Crippen LogP) is 1.12. The number of nitrogens with two attached hydrogens (primary N) is 1. The molecule has 15 heavy (non-hydrogen) atoms. The molecule has 0 radical (unpaired) electrons. The smallest absolute Gasteiger partial charge is 0.0497 e. The molecule has 2 N–H and O–H groups in total. The molecule has 0 saturated carbocycles. The van der Waals surface area contributed by atoms with Gasteiger partial charge >= 0.3 is 0 Å². The lowest BCUT2D eigenvalue weighted by Crippen LogP contribution is -2.50. The molecule has 0 aliphatic carbocycles. The number of allylic oxidation sites excluding steroid dienone is 2. The van der Waals surface area contributed by atoms with Gasteiger partial charge in [0, 0.05) is 37.8 Å². The van der Waals surface area contributed by atoms with Crippen LogP contribution in [-0.4, -0.2) is 36.1 Å². The van der Waals surface area contributed by atoms with Gasteiger partial charge in [-0.3, -0.25) is 5.84 Å². The summed E-state index contributed by atoms with van der Waals surface area (Å²) in [5.74, 6) is 6.45. The van der Waals surface area contributed by atoms with Crippen molar-refractivity contribution in [3.05, 3.63) is 36.6 Å². The van der Waals surface area contributed by atoms with Crippen molar-refractivity contribution in [3.8, 4) is 0 Å². The fourth-order valence-corrected chi connectivity index (χ4v) is 2.80. The number of hydrogen-bond acceptors (Lipinski definition) is 3. The molecule has 0 aromatic heterocycles. The Kier molecular flexibility index (Phi) is 2.67. The summed E-state index contributed by atoms with van der Waals surface area (Å²) < 4.78 is 0. The van der Waals surface area contributed by atoms with Crippen molar-refractivity contribution in [3.63, 3.8) is 0 Å². The first-order chi connectivity index (χ1) is 7.19. The molecule has 2 unspecified atom stereocenters. The van der Waals surface area contributed by atoms with Gasteiger partial charge in [-0.2, -0.15) is 0 Å². The van der Waals surface area contributed by atoms with Gasteiger partial charge < -0.3 is 4.90 Å². The summed E-state index contributed by atoms with van der Waals surface area (Å²) >= 11 is 0. The maximum Gasteiger partial charge on any atom is 0.0497 e. The Balaban J connectivity index is 2.31. The molecule has 2 aliphatic heterocycles. The first kappa shape index (κ1) is 10.5. The van der Waals surface area contributed by atoms with Gasteiger partial charge in [0.2, 0.25) is 0 Å². The van der Waals surface area contributed by atoms with Gasteiger partial charge in [0.25, 0.3) is 0 Å². The molecule has 2 aliphatic rings. The number of hydrogen-bond donors (Lipinski definition) is 1. The number of hydrazine groups is 1. The Morgan fingerprint density at radius 3 is 2.73 bits per heavy atom. The highest BCUT2D eigenvalue weighted by Gasteiger charge is 2.39. The number of piperidine rings is 1. The number of rotatable bonds is 2. The van der Waals surface area contributed by atoms with E-state index in [9.17, 15) is 0 Å². The van der Waals surface area contributed by atoms with Gasteiger partial charge in [-0.25, -0.2) is 5.01 Å². The van der Waals surface area contributed by atoms with Crippen molar-refractivity contribution in [1.29, 1.82) is 0 Å². The molecule has 1 fully saturated rings. The lowest BCUT2D eigenvalue weighted by molar-refractivity contribution is 0.124. The van der Waals surface area contributed by atoms with Gasteiger partial charge in [0.1, 0.15) is 0 Å². The van der Waals surface area contributed by atoms with Crippen LogP contribution in [0.2, 0.25) is 0 Å². The largest absolute Gasteiger partial charge is 0.369 e. The molecule has 2 atom stereocenters. The molecule has 2 rings (SSSR count). The van der Waals surface area contributed by atoms with E-state index in [1.54, 1.807) is 0 Å². The van der Waals surface area contributed by atoms with Crippen LogP contribution in [0.5, 0.6) is 0 Å². The average Bonchev–Trinajstić information content (AvgIpc) is 2.51. The molecule has 0 amide bonds. The van der Waals surface area contributed by atoms with Crippen LogP contribution in [0.4, 0.5) is 0 Å². The first-order valence-corrected chi connectivity index (χ1v) is 5.40. The molecule has 0 aromatic rings. The van der Waals surface area contributed by atoms with Crippen LogP contribution < -0.4 is 5.84 Å². The predicted molar refractivity (Wildman–Crippen MR) is 62.8 cm³/mol. The van der Waals surface area contributed by atoms with Gasteiger partial charge in [-0.05, 0) is 18.1 Å². The summed E-state index contributed by atoms with van der Waals surface area (Å²) in [7, 11) is 2.12. The summed E-state index contributed by atoms with van der Waals surface area (Å²) in [4.78, 5) is 2.29. The van der Waals surface area contributed by atoms with E-state index in [1.807, 2.05) is 17.2 Å².